The van der Waals surface area contributed by atoms with Gasteiger partial charge in [-0.2, -0.15) is 5.10 Å². The molecule has 2 aromatic rings. The van der Waals surface area contributed by atoms with Crippen molar-refractivity contribution in [2.45, 2.75) is 25.4 Å². The molecule has 0 aromatic carbocycles. The van der Waals surface area contributed by atoms with Crippen molar-refractivity contribution in [3.05, 3.63) is 36.2 Å². The first-order valence-electron chi connectivity index (χ1n) is 7.63. The molecule has 3 heterocycles. The molecule has 0 radical (unpaired) electrons. The van der Waals surface area contributed by atoms with E-state index < -0.39 is 12.1 Å². The summed E-state index contributed by atoms with van der Waals surface area (Å²) in [6.45, 7) is 0.723. The maximum Gasteiger partial charge on any atom is 0.303 e. The third kappa shape index (κ3) is 3.34. The van der Waals surface area contributed by atoms with Gasteiger partial charge in [0.2, 0.25) is 5.91 Å². The molecule has 2 atom stereocenters. The normalized spacial score (nSPS) is 21.0. The molecule has 0 saturated carbocycles. The van der Waals surface area contributed by atoms with Crippen LogP contribution in [0.1, 0.15) is 18.4 Å². The van der Waals surface area contributed by atoms with Gasteiger partial charge in [0.15, 0.2) is 0 Å². The zero-order chi connectivity index (χ0) is 16.4. The molecular weight excluding hydrogens is 298 g/mol. The van der Waals surface area contributed by atoms with E-state index in [1.165, 1.54) is 0 Å². The summed E-state index contributed by atoms with van der Waals surface area (Å²) in [4.78, 5) is 24.1. The van der Waals surface area contributed by atoms with Crippen molar-refractivity contribution in [2.75, 3.05) is 13.1 Å². The minimum Gasteiger partial charge on any atom is -0.481 e. The van der Waals surface area contributed by atoms with Crippen LogP contribution in [0.5, 0.6) is 0 Å². The summed E-state index contributed by atoms with van der Waals surface area (Å²) < 4.78 is 1.78. The van der Waals surface area contributed by atoms with Crippen molar-refractivity contribution in [1.82, 2.24) is 14.5 Å². The standard InChI is InChI=1S/C16H19N3O4/c20-14-10-18(15(21)3-4-16(22)23)9-12(14)8-11-2-1-7-19-13(11)5-6-17-19/h1-2,5-7,12,14,20H,3-4,8-10H2,(H,22,23)/t12-,14+/m1/s1. The van der Waals surface area contributed by atoms with Gasteiger partial charge >= 0.3 is 5.97 Å². The number of aliphatic carboxylic acids is 1. The summed E-state index contributed by atoms with van der Waals surface area (Å²) >= 11 is 0. The Hall–Kier alpha value is -2.41. The molecule has 1 aliphatic rings. The zero-order valence-corrected chi connectivity index (χ0v) is 12.6. The lowest BCUT2D eigenvalue weighted by Gasteiger charge is -2.16. The van der Waals surface area contributed by atoms with Crippen LogP contribution in [0.2, 0.25) is 0 Å². The highest BCUT2D eigenvalue weighted by Gasteiger charge is 2.34. The monoisotopic (exact) mass is 317 g/mol. The number of nitrogens with zero attached hydrogens (tertiary/aromatic N) is 3. The summed E-state index contributed by atoms with van der Waals surface area (Å²) in [7, 11) is 0. The quantitative estimate of drug-likeness (QED) is 0.840. The van der Waals surface area contributed by atoms with Gasteiger partial charge in [0.05, 0.1) is 18.0 Å². The van der Waals surface area contributed by atoms with E-state index in [0.29, 0.717) is 13.0 Å². The van der Waals surface area contributed by atoms with Crippen LogP contribution in [0, 0.1) is 5.92 Å². The fraction of sp³-hybridized carbons (Fsp3) is 0.438. The number of carboxylic acids is 1. The van der Waals surface area contributed by atoms with Gasteiger partial charge in [-0.25, -0.2) is 4.52 Å². The predicted octanol–water partition coefficient (Wildman–Crippen LogP) is 0.561. The van der Waals surface area contributed by atoms with Crippen LogP contribution in [0.3, 0.4) is 0 Å². The topological polar surface area (TPSA) is 95.1 Å². The van der Waals surface area contributed by atoms with Crippen LogP contribution in [0.25, 0.3) is 5.52 Å². The number of carbonyl (C=O) groups excluding carboxylic acids is 1. The van der Waals surface area contributed by atoms with Crippen molar-refractivity contribution in [3.8, 4) is 0 Å². The average Bonchev–Trinajstić information content (AvgIpc) is 3.13. The molecule has 0 unspecified atom stereocenters. The fourth-order valence-corrected chi connectivity index (χ4v) is 3.10. The number of likely N-dealkylation sites (tertiary alicyclic amines) is 1. The molecule has 1 fully saturated rings. The maximum absolute atomic E-state index is 12.0. The van der Waals surface area contributed by atoms with Crippen LogP contribution < -0.4 is 0 Å². The number of aromatic nitrogens is 2. The summed E-state index contributed by atoms with van der Waals surface area (Å²) in [6.07, 6.45) is 3.46. The minimum atomic E-state index is -0.984. The summed E-state index contributed by atoms with van der Waals surface area (Å²) in [6, 6.07) is 5.83. The van der Waals surface area contributed by atoms with Gasteiger partial charge in [-0.1, -0.05) is 6.07 Å². The number of aliphatic hydroxyl groups excluding tert-OH is 1. The molecule has 0 bridgehead atoms. The van der Waals surface area contributed by atoms with E-state index in [-0.39, 0.29) is 31.2 Å². The second kappa shape index (κ2) is 6.37. The molecule has 1 aliphatic heterocycles. The number of fused-ring (bicyclic) bond motifs is 1. The highest BCUT2D eigenvalue weighted by molar-refractivity contribution is 5.81. The molecule has 1 saturated heterocycles. The van der Waals surface area contributed by atoms with Crippen LogP contribution >= 0.6 is 0 Å². The Bertz CT molecular complexity index is 727. The number of rotatable bonds is 5. The first-order valence-corrected chi connectivity index (χ1v) is 7.63. The van der Waals surface area contributed by atoms with Gasteiger partial charge in [0, 0.05) is 37.8 Å². The van der Waals surface area contributed by atoms with Crippen molar-refractivity contribution < 1.29 is 19.8 Å². The first kappa shape index (κ1) is 15.5. The molecule has 122 valence electrons. The van der Waals surface area contributed by atoms with Crippen molar-refractivity contribution in [2.24, 2.45) is 5.92 Å². The number of carbonyl (C=O) groups is 2. The number of hydrogen-bond acceptors (Lipinski definition) is 4. The number of β-amino-alcohol motifs (C(OH)–C–C–N with tert-alkyl or cyclic N) is 1. The summed E-state index contributed by atoms with van der Waals surface area (Å²) in [5.41, 5.74) is 2.07. The number of carboxylic acid groups (broad SMARTS) is 1. The number of amides is 1. The van der Waals surface area contributed by atoms with Crippen molar-refractivity contribution in [3.63, 3.8) is 0 Å². The third-order valence-electron chi connectivity index (χ3n) is 4.32. The molecule has 2 aromatic heterocycles. The Labute approximate surface area is 133 Å². The Morgan fingerprint density at radius 1 is 1.26 bits per heavy atom. The Morgan fingerprint density at radius 3 is 2.87 bits per heavy atom. The SMILES string of the molecule is O=C(O)CCC(=O)N1C[C@@H](Cc2cccn3nccc23)[C@@H](O)C1. The van der Waals surface area contributed by atoms with Gasteiger partial charge < -0.3 is 15.1 Å². The zero-order valence-electron chi connectivity index (χ0n) is 12.6. The van der Waals surface area contributed by atoms with Crippen LogP contribution in [0.15, 0.2) is 30.6 Å². The first-order chi connectivity index (χ1) is 11.0. The molecule has 0 spiro atoms. The Balaban J connectivity index is 1.66. The Kier molecular flexibility index (Phi) is 4.29. The maximum atomic E-state index is 12.0. The molecule has 2 N–H and O–H groups in total. The van der Waals surface area contributed by atoms with Gasteiger partial charge in [0.25, 0.3) is 0 Å². The number of pyridine rings is 1. The van der Waals surface area contributed by atoms with E-state index in [1.54, 1.807) is 15.6 Å². The second-order valence-electron chi connectivity index (χ2n) is 5.92. The highest BCUT2D eigenvalue weighted by Crippen LogP contribution is 2.24. The lowest BCUT2D eigenvalue weighted by Crippen LogP contribution is -2.29. The van der Waals surface area contributed by atoms with Crippen LogP contribution in [0.4, 0.5) is 0 Å². The van der Waals surface area contributed by atoms with Crippen LogP contribution in [-0.2, 0) is 16.0 Å². The fourth-order valence-electron chi connectivity index (χ4n) is 3.10. The number of aliphatic hydroxyl groups is 1. The Morgan fingerprint density at radius 2 is 2.09 bits per heavy atom. The van der Waals surface area contributed by atoms with Gasteiger partial charge in [0.1, 0.15) is 0 Å². The molecule has 23 heavy (non-hydrogen) atoms. The molecular formula is C16H19N3O4. The van der Waals surface area contributed by atoms with E-state index >= 15 is 0 Å². The van der Waals surface area contributed by atoms with E-state index in [4.69, 9.17) is 5.11 Å². The molecule has 1 amide bonds. The lowest BCUT2D eigenvalue weighted by atomic mass is 9.96. The van der Waals surface area contributed by atoms with Gasteiger partial charge in [-0.3, -0.25) is 9.59 Å². The van der Waals surface area contributed by atoms with Crippen molar-refractivity contribution in [1.29, 1.82) is 0 Å². The van der Waals surface area contributed by atoms with Crippen LogP contribution in [-0.4, -0.2) is 55.8 Å². The molecule has 7 nitrogen and oxygen atoms in total. The van der Waals surface area contributed by atoms with Gasteiger partial charge in [-0.15, -0.1) is 0 Å². The third-order valence-corrected chi connectivity index (χ3v) is 4.32. The summed E-state index contributed by atoms with van der Waals surface area (Å²) in [5.74, 6) is -1.25. The molecule has 0 aliphatic carbocycles. The van der Waals surface area contributed by atoms with E-state index in [1.807, 2.05) is 24.4 Å². The smallest absolute Gasteiger partial charge is 0.303 e. The molecule has 7 heteroatoms. The highest BCUT2D eigenvalue weighted by atomic mass is 16.4. The van der Waals surface area contributed by atoms with Crippen molar-refractivity contribution >= 4 is 17.4 Å². The largest absolute Gasteiger partial charge is 0.481 e. The van der Waals surface area contributed by atoms with E-state index in [0.717, 1.165) is 11.1 Å². The summed E-state index contributed by atoms with van der Waals surface area (Å²) in [5, 5.41) is 23.1. The van der Waals surface area contributed by atoms with E-state index in [2.05, 4.69) is 5.10 Å². The van der Waals surface area contributed by atoms with Gasteiger partial charge in [-0.05, 0) is 24.1 Å². The predicted molar refractivity (Wildman–Crippen MR) is 81.8 cm³/mol. The number of hydrogen-bond donors (Lipinski definition) is 2. The van der Waals surface area contributed by atoms with E-state index in [9.17, 15) is 14.7 Å². The second-order valence-corrected chi connectivity index (χ2v) is 5.92. The lowest BCUT2D eigenvalue weighted by molar-refractivity contribution is -0.140. The molecule has 3 rings (SSSR count). The minimum absolute atomic E-state index is 0.0209. The average molecular weight is 317 g/mol.